The molecule has 0 radical (unpaired) electrons. The highest BCUT2D eigenvalue weighted by Gasteiger charge is 2.13. The van der Waals surface area contributed by atoms with E-state index in [1.54, 1.807) is 12.1 Å². The maximum absolute atomic E-state index is 9.69. The predicted octanol–water partition coefficient (Wildman–Crippen LogP) is 6.08. The van der Waals surface area contributed by atoms with Gasteiger partial charge in [-0.05, 0) is 54.1 Å². The van der Waals surface area contributed by atoms with Crippen molar-refractivity contribution in [2.75, 3.05) is 0 Å². The molecular weight excluding hydrogens is 370 g/mol. The van der Waals surface area contributed by atoms with Gasteiger partial charge in [0, 0.05) is 7.05 Å². The third-order valence-corrected chi connectivity index (χ3v) is 4.73. The normalized spacial score (nSPS) is 11.4. The standard InChI is InChI=1S/C23H16ClN3O/c1-27-22-10-6-5-9-21(22)26-23(27)17(15-25)13-16-11-12-19(14-20(16)24)28-18-7-3-2-4-8-18/h2-14H,1H3/b17-13+. The summed E-state index contributed by atoms with van der Waals surface area (Å²) < 4.78 is 7.71. The lowest BCUT2D eigenvalue weighted by molar-refractivity contribution is 0.482. The van der Waals surface area contributed by atoms with Crippen LogP contribution in [-0.2, 0) is 7.05 Å². The molecule has 0 aliphatic rings. The summed E-state index contributed by atoms with van der Waals surface area (Å²) >= 11 is 6.44. The van der Waals surface area contributed by atoms with E-state index in [1.165, 1.54) is 0 Å². The van der Waals surface area contributed by atoms with Gasteiger partial charge in [-0.15, -0.1) is 0 Å². The molecule has 0 saturated heterocycles. The smallest absolute Gasteiger partial charge is 0.151 e. The number of halogens is 1. The third kappa shape index (κ3) is 3.48. The Morgan fingerprint density at radius 2 is 1.79 bits per heavy atom. The van der Waals surface area contributed by atoms with Crippen LogP contribution in [0.5, 0.6) is 11.5 Å². The van der Waals surface area contributed by atoms with Crippen LogP contribution in [0.3, 0.4) is 0 Å². The number of fused-ring (bicyclic) bond motifs is 1. The van der Waals surface area contributed by atoms with Gasteiger partial charge < -0.3 is 9.30 Å². The number of para-hydroxylation sites is 3. The van der Waals surface area contributed by atoms with Crippen molar-refractivity contribution in [3.8, 4) is 17.6 Å². The minimum absolute atomic E-state index is 0.442. The quantitative estimate of drug-likeness (QED) is 0.400. The molecule has 0 bridgehead atoms. The minimum Gasteiger partial charge on any atom is -0.457 e. The Morgan fingerprint density at radius 3 is 2.50 bits per heavy atom. The van der Waals surface area contributed by atoms with Crippen molar-refractivity contribution in [3.05, 3.63) is 89.2 Å². The SMILES string of the molecule is Cn1c(/C(C#N)=C/c2ccc(Oc3ccccc3)cc2Cl)nc2ccccc21. The fourth-order valence-electron chi connectivity index (χ4n) is 3.00. The van der Waals surface area contributed by atoms with E-state index in [1.807, 2.05) is 78.3 Å². The van der Waals surface area contributed by atoms with E-state index in [0.29, 0.717) is 22.2 Å². The highest BCUT2D eigenvalue weighted by molar-refractivity contribution is 6.32. The molecule has 1 heterocycles. The van der Waals surface area contributed by atoms with Gasteiger partial charge in [-0.2, -0.15) is 5.26 Å². The number of nitriles is 1. The molecule has 136 valence electrons. The molecule has 4 aromatic rings. The zero-order valence-corrected chi connectivity index (χ0v) is 15.9. The summed E-state index contributed by atoms with van der Waals surface area (Å²) in [5.74, 6) is 1.97. The molecule has 0 unspecified atom stereocenters. The Hall–Kier alpha value is -3.55. The molecular formula is C23H16ClN3O. The molecule has 0 aliphatic heterocycles. The molecule has 4 nitrogen and oxygen atoms in total. The summed E-state index contributed by atoms with van der Waals surface area (Å²) in [6, 6.07) is 24.9. The second-order valence-electron chi connectivity index (χ2n) is 6.25. The minimum atomic E-state index is 0.442. The number of aryl methyl sites for hydroxylation is 1. The first kappa shape index (κ1) is 17.8. The molecule has 28 heavy (non-hydrogen) atoms. The highest BCUT2D eigenvalue weighted by atomic mass is 35.5. The van der Waals surface area contributed by atoms with E-state index in [9.17, 15) is 5.26 Å². The summed E-state index contributed by atoms with van der Waals surface area (Å²) in [6.45, 7) is 0. The second-order valence-corrected chi connectivity index (χ2v) is 6.66. The lowest BCUT2D eigenvalue weighted by Crippen LogP contribution is -1.96. The van der Waals surface area contributed by atoms with E-state index >= 15 is 0 Å². The Kier molecular flexibility index (Phi) is 4.84. The molecule has 0 aliphatic carbocycles. The summed E-state index contributed by atoms with van der Waals surface area (Å²) in [7, 11) is 1.90. The maximum Gasteiger partial charge on any atom is 0.151 e. The summed E-state index contributed by atoms with van der Waals surface area (Å²) in [5.41, 5.74) is 2.98. The molecule has 1 aromatic heterocycles. The first-order chi connectivity index (χ1) is 13.7. The lowest BCUT2D eigenvalue weighted by atomic mass is 10.1. The van der Waals surface area contributed by atoms with Crippen LogP contribution in [0.4, 0.5) is 0 Å². The predicted molar refractivity (Wildman–Crippen MR) is 112 cm³/mol. The summed E-state index contributed by atoms with van der Waals surface area (Å²) in [5, 5.41) is 10.2. The van der Waals surface area contributed by atoms with Crippen molar-refractivity contribution >= 4 is 34.3 Å². The highest BCUT2D eigenvalue weighted by Crippen LogP contribution is 2.29. The number of hydrogen-bond acceptors (Lipinski definition) is 3. The largest absolute Gasteiger partial charge is 0.457 e. The van der Waals surface area contributed by atoms with Gasteiger partial charge in [0.2, 0.25) is 0 Å². The van der Waals surface area contributed by atoms with Gasteiger partial charge in [0.05, 0.1) is 21.6 Å². The summed E-state index contributed by atoms with van der Waals surface area (Å²) in [4.78, 5) is 4.59. The Bertz CT molecular complexity index is 1220. The fourth-order valence-corrected chi connectivity index (χ4v) is 3.23. The van der Waals surface area contributed by atoms with Crippen molar-refractivity contribution < 1.29 is 4.74 Å². The topological polar surface area (TPSA) is 50.8 Å². The van der Waals surface area contributed by atoms with E-state index in [2.05, 4.69) is 11.1 Å². The van der Waals surface area contributed by atoms with Gasteiger partial charge in [0.25, 0.3) is 0 Å². The average Bonchev–Trinajstić information content (AvgIpc) is 3.05. The maximum atomic E-state index is 9.69. The van der Waals surface area contributed by atoms with E-state index in [-0.39, 0.29) is 0 Å². The molecule has 0 fully saturated rings. The van der Waals surface area contributed by atoms with Gasteiger partial charge in [-0.1, -0.05) is 41.9 Å². The van der Waals surface area contributed by atoms with Gasteiger partial charge in [0.15, 0.2) is 5.82 Å². The number of ether oxygens (including phenoxy) is 1. The van der Waals surface area contributed by atoms with Crippen LogP contribution in [0.25, 0.3) is 22.7 Å². The molecule has 3 aromatic carbocycles. The number of rotatable bonds is 4. The fraction of sp³-hybridized carbons (Fsp3) is 0.0435. The first-order valence-electron chi connectivity index (χ1n) is 8.72. The van der Waals surface area contributed by atoms with Crippen LogP contribution in [0, 0.1) is 11.3 Å². The van der Waals surface area contributed by atoms with Gasteiger partial charge in [-0.3, -0.25) is 0 Å². The molecule has 0 saturated carbocycles. The number of imidazole rings is 1. The van der Waals surface area contributed by atoms with E-state index in [0.717, 1.165) is 22.3 Å². The van der Waals surface area contributed by atoms with Crippen LogP contribution in [0.1, 0.15) is 11.4 Å². The van der Waals surface area contributed by atoms with Crippen molar-refractivity contribution in [2.45, 2.75) is 0 Å². The van der Waals surface area contributed by atoms with Gasteiger partial charge >= 0.3 is 0 Å². The third-order valence-electron chi connectivity index (χ3n) is 4.40. The van der Waals surface area contributed by atoms with Crippen molar-refractivity contribution in [1.82, 2.24) is 9.55 Å². The second kappa shape index (κ2) is 7.59. The van der Waals surface area contributed by atoms with E-state index < -0.39 is 0 Å². The molecule has 0 N–H and O–H groups in total. The van der Waals surface area contributed by atoms with Crippen LogP contribution in [0.15, 0.2) is 72.8 Å². The average molecular weight is 386 g/mol. The Morgan fingerprint density at radius 1 is 1.04 bits per heavy atom. The zero-order valence-electron chi connectivity index (χ0n) is 15.1. The van der Waals surface area contributed by atoms with Crippen molar-refractivity contribution in [1.29, 1.82) is 5.26 Å². The van der Waals surface area contributed by atoms with Gasteiger partial charge in [-0.25, -0.2) is 4.98 Å². The lowest BCUT2D eigenvalue weighted by Gasteiger charge is -2.07. The Balaban J connectivity index is 1.68. The van der Waals surface area contributed by atoms with Crippen molar-refractivity contribution in [2.24, 2.45) is 7.05 Å². The molecule has 0 spiro atoms. The number of benzene rings is 3. The monoisotopic (exact) mass is 385 g/mol. The van der Waals surface area contributed by atoms with Gasteiger partial charge in [0.1, 0.15) is 17.6 Å². The van der Waals surface area contributed by atoms with Crippen molar-refractivity contribution in [3.63, 3.8) is 0 Å². The number of nitrogens with zero attached hydrogens (tertiary/aromatic N) is 3. The van der Waals surface area contributed by atoms with Crippen LogP contribution < -0.4 is 4.74 Å². The zero-order chi connectivity index (χ0) is 19.5. The Labute approximate surface area is 167 Å². The number of allylic oxidation sites excluding steroid dienone is 1. The molecule has 5 heteroatoms. The van der Waals surface area contributed by atoms with E-state index in [4.69, 9.17) is 16.3 Å². The molecule has 0 atom stereocenters. The van der Waals surface area contributed by atoms with Crippen LogP contribution >= 0.6 is 11.6 Å². The molecule has 0 amide bonds. The van der Waals surface area contributed by atoms with Crippen LogP contribution in [-0.4, -0.2) is 9.55 Å². The van der Waals surface area contributed by atoms with Crippen LogP contribution in [0.2, 0.25) is 5.02 Å². The number of aromatic nitrogens is 2. The number of hydrogen-bond donors (Lipinski definition) is 0. The first-order valence-corrected chi connectivity index (χ1v) is 9.09. The molecule has 4 rings (SSSR count). The summed E-state index contributed by atoms with van der Waals surface area (Å²) in [6.07, 6.45) is 1.75.